The zero-order valence-electron chi connectivity index (χ0n) is 8.39. The van der Waals surface area contributed by atoms with Crippen LogP contribution in [-0.4, -0.2) is 11.5 Å². The van der Waals surface area contributed by atoms with Crippen LogP contribution in [0.2, 0.25) is 0 Å². The first-order valence-electron chi connectivity index (χ1n) is 4.73. The molecule has 0 saturated heterocycles. The minimum absolute atomic E-state index is 0.860. The van der Waals surface area contributed by atoms with Gasteiger partial charge in [0.2, 0.25) is 0 Å². The lowest BCUT2D eigenvalue weighted by atomic mass is 10.0. The van der Waals surface area contributed by atoms with E-state index in [4.69, 9.17) is 0 Å². The van der Waals surface area contributed by atoms with E-state index < -0.39 is 0 Å². The van der Waals surface area contributed by atoms with Gasteiger partial charge in [-0.15, -0.1) is 0 Å². The molecule has 0 heterocycles. The van der Waals surface area contributed by atoms with E-state index >= 15 is 0 Å². The first-order valence-corrected chi connectivity index (χ1v) is 6.02. The van der Waals surface area contributed by atoms with Gasteiger partial charge in [0.15, 0.2) is 0 Å². The van der Waals surface area contributed by atoms with Crippen LogP contribution in [0, 0.1) is 5.92 Å². The summed E-state index contributed by atoms with van der Waals surface area (Å²) < 4.78 is 0. The third-order valence-electron chi connectivity index (χ3n) is 2.41. The maximum Gasteiger partial charge on any atom is 0.00159 e. The summed E-state index contributed by atoms with van der Waals surface area (Å²) in [6.07, 6.45) is 7.77. The summed E-state index contributed by atoms with van der Waals surface area (Å²) in [5, 5.41) is 0.860. The third-order valence-corrected chi connectivity index (χ3v) is 3.45. The molecule has 1 unspecified atom stereocenters. The summed E-state index contributed by atoms with van der Waals surface area (Å²) >= 11 is 1.98. The van der Waals surface area contributed by atoms with Crippen molar-refractivity contribution in [2.75, 3.05) is 6.26 Å². The lowest BCUT2D eigenvalue weighted by Crippen LogP contribution is -1.97. The van der Waals surface area contributed by atoms with Crippen LogP contribution >= 0.6 is 11.8 Å². The minimum Gasteiger partial charge on any atom is -0.162 e. The smallest absolute Gasteiger partial charge is 0.00159 e. The van der Waals surface area contributed by atoms with Gasteiger partial charge in [-0.05, 0) is 18.6 Å². The van der Waals surface area contributed by atoms with E-state index in [0.29, 0.717) is 0 Å². The molecular weight excluding hydrogens is 152 g/mol. The maximum atomic E-state index is 2.35. The van der Waals surface area contributed by atoms with Crippen LogP contribution in [0.1, 0.15) is 46.5 Å². The highest BCUT2D eigenvalue weighted by atomic mass is 32.2. The Bertz CT molecular complexity index is 70.9. The van der Waals surface area contributed by atoms with Crippen LogP contribution in [-0.2, 0) is 0 Å². The predicted molar refractivity (Wildman–Crippen MR) is 56.3 cm³/mol. The van der Waals surface area contributed by atoms with Crippen molar-refractivity contribution >= 4 is 11.8 Å². The third kappa shape index (κ3) is 6.74. The van der Waals surface area contributed by atoms with Crippen LogP contribution < -0.4 is 0 Å². The summed E-state index contributed by atoms with van der Waals surface area (Å²) in [5.41, 5.74) is 0. The molecule has 0 radical (unpaired) electrons. The molecule has 0 fully saturated rings. The normalized spacial score (nSPS) is 16.4. The molecule has 2 atom stereocenters. The van der Waals surface area contributed by atoms with Crippen molar-refractivity contribution in [2.45, 2.75) is 51.7 Å². The van der Waals surface area contributed by atoms with Crippen LogP contribution in [0.3, 0.4) is 0 Å². The molecule has 0 aromatic heterocycles. The van der Waals surface area contributed by atoms with E-state index in [2.05, 4.69) is 27.0 Å². The second-order valence-corrected chi connectivity index (χ2v) is 4.77. The first-order chi connectivity index (χ1) is 5.20. The van der Waals surface area contributed by atoms with Crippen molar-refractivity contribution in [3.8, 4) is 0 Å². The number of thioether (sulfide) groups is 1. The quantitative estimate of drug-likeness (QED) is 0.587. The predicted octanol–water partition coefficient (Wildman–Crippen LogP) is 3.95. The van der Waals surface area contributed by atoms with Gasteiger partial charge >= 0.3 is 0 Å². The average molecular weight is 174 g/mol. The van der Waals surface area contributed by atoms with Crippen LogP contribution in [0.5, 0.6) is 0 Å². The summed E-state index contributed by atoms with van der Waals surface area (Å²) in [7, 11) is 0. The molecule has 0 aliphatic rings. The van der Waals surface area contributed by atoms with Gasteiger partial charge in [-0.3, -0.25) is 0 Å². The molecule has 0 aromatic rings. The molecule has 0 rings (SSSR count). The fourth-order valence-electron chi connectivity index (χ4n) is 1.08. The SMILES string of the molecule is CCC(C)CCC[C@@H](C)SC. The molecule has 68 valence electrons. The van der Waals surface area contributed by atoms with Crippen molar-refractivity contribution in [3.63, 3.8) is 0 Å². The van der Waals surface area contributed by atoms with Crippen LogP contribution in [0.15, 0.2) is 0 Å². The van der Waals surface area contributed by atoms with Gasteiger partial charge in [-0.1, -0.05) is 40.0 Å². The Kier molecular flexibility index (Phi) is 7.25. The highest BCUT2D eigenvalue weighted by molar-refractivity contribution is 7.99. The van der Waals surface area contributed by atoms with E-state index in [1.165, 1.54) is 25.7 Å². The highest BCUT2D eigenvalue weighted by Crippen LogP contribution is 2.17. The molecule has 0 saturated carbocycles. The first kappa shape index (κ1) is 11.4. The van der Waals surface area contributed by atoms with E-state index in [-0.39, 0.29) is 0 Å². The van der Waals surface area contributed by atoms with Crippen molar-refractivity contribution in [3.05, 3.63) is 0 Å². The molecule has 0 spiro atoms. The number of hydrogen-bond acceptors (Lipinski definition) is 1. The minimum atomic E-state index is 0.860. The fourth-order valence-corrected chi connectivity index (χ4v) is 1.48. The van der Waals surface area contributed by atoms with Crippen molar-refractivity contribution in [1.29, 1.82) is 0 Å². The molecule has 11 heavy (non-hydrogen) atoms. The van der Waals surface area contributed by atoms with E-state index in [0.717, 1.165) is 11.2 Å². The standard InChI is InChI=1S/C10H22S/c1-5-9(2)7-6-8-10(3)11-4/h9-10H,5-8H2,1-4H3/t9?,10-/m1/s1. The second kappa shape index (κ2) is 7.02. The Morgan fingerprint density at radius 1 is 1.18 bits per heavy atom. The van der Waals surface area contributed by atoms with Gasteiger partial charge < -0.3 is 0 Å². The molecule has 0 amide bonds. The summed E-state index contributed by atoms with van der Waals surface area (Å²) in [4.78, 5) is 0. The molecule has 0 aliphatic heterocycles. The second-order valence-electron chi connectivity index (χ2n) is 3.49. The molecule has 0 N–H and O–H groups in total. The lowest BCUT2D eigenvalue weighted by molar-refractivity contribution is 0.484. The largest absolute Gasteiger partial charge is 0.162 e. The molecule has 0 aromatic carbocycles. The van der Waals surface area contributed by atoms with Crippen molar-refractivity contribution in [2.24, 2.45) is 5.92 Å². The van der Waals surface area contributed by atoms with Gasteiger partial charge in [-0.25, -0.2) is 0 Å². The van der Waals surface area contributed by atoms with Crippen molar-refractivity contribution < 1.29 is 0 Å². The van der Waals surface area contributed by atoms with Gasteiger partial charge in [0.1, 0.15) is 0 Å². The van der Waals surface area contributed by atoms with E-state index in [9.17, 15) is 0 Å². The molecule has 0 bridgehead atoms. The Morgan fingerprint density at radius 3 is 2.27 bits per heavy atom. The van der Waals surface area contributed by atoms with Gasteiger partial charge in [0, 0.05) is 5.25 Å². The zero-order chi connectivity index (χ0) is 8.69. The molecular formula is C10H22S. The van der Waals surface area contributed by atoms with Gasteiger partial charge in [0.25, 0.3) is 0 Å². The Labute approximate surface area is 76.1 Å². The van der Waals surface area contributed by atoms with Gasteiger partial charge in [0.05, 0.1) is 0 Å². The van der Waals surface area contributed by atoms with Crippen molar-refractivity contribution in [1.82, 2.24) is 0 Å². The summed E-state index contributed by atoms with van der Waals surface area (Å²) in [6.45, 7) is 6.95. The van der Waals surface area contributed by atoms with Crippen LogP contribution in [0.25, 0.3) is 0 Å². The Morgan fingerprint density at radius 2 is 1.82 bits per heavy atom. The topological polar surface area (TPSA) is 0 Å². The molecule has 0 nitrogen and oxygen atoms in total. The fraction of sp³-hybridized carbons (Fsp3) is 1.00. The lowest BCUT2D eigenvalue weighted by Gasteiger charge is -2.10. The van der Waals surface area contributed by atoms with E-state index in [1.54, 1.807) is 0 Å². The number of hydrogen-bond donors (Lipinski definition) is 0. The Hall–Kier alpha value is 0.350. The monoisotopic (exact) mass is 174 g/mol. The average Bonchev–Trinajstić information content (AvgIpc) is 2.04. The summed E-state index contributed by atoms with van der Waals surface area (Å²) in [5.74, 6) is 0.934. The van der Waals surface area contributed by atoms with Crippen LogP contribution in [0.4, 0.5) is 0 Å². The Balaban J connectivity index is 3.13. The number of rotatable bonds is 6. The maximum absolute atomic E-state index is 2.35. The molecule has 0 aliphatic carbocycles. The zero-order valence-corrected chi connectivity index (χ0v) is 9.21. The van der Waals surface area contributed by atoms with E-state index in [1.807, 2.05) is 11.8 Å². The summed E-state index contributed by atoms with van der Waals surface area (Å²) in [6, 6.07) is 0. The van der Waals surface area contributed by atoms with Gasteiger partial charge in [-0.2, -0.15) is 11.8 Å². The highest BCUT2D eigenvalue weighted by Gasteiger charge is 2.01. The molecule has 1 heteroatoms.